The lowest BCUT2D eigenvalue weighted by atomic mass is 10.1. The molecule has 0 atom stereocenters. The van der Waals surface area contributed by atoms with E-state index in [1.54, 1.807) is 0 Å². The molecule has 0 aliphatic carbocycles. The Morgan fingerprint density at radius 3 is 2.56 bits per heavy atom. The van der Waals surface area contributed by atoms with Crippen molar-refractivity contribution in [3.63, 3.8) is 0 Å². The van der Waals surface area contributed by atoms with Crippen LogP contribution in [-0.2, 0) is 0 Å². The Labute approximate surface area is 103 Å². The van der Waals surface area contributed by atoms with Crippen LogP contribution in [0.25, 0.3) is 11.3 Å². The first-order valence-electron chi connectivity index (χ1n) is 5.43. The third-order valence-corrected chi connectivity index (χ3v) is 2.30. The van der Waals surface area contributed by atoms with Gasteiger partial charge in [0.05, 0.1) is 11.3 Å². The zero-order chi connectivity index (χ0) is 13.0. The van der Waals surface area contributed by atoms with Gasteiger partial charge in [0.2, 0.25) is 5.95 Å². The first kappa shape index (κ1) is 12.4. The van der Waals surface area contributed by atoms with E-state index in [-0.39, 0.29) is 11.3 Å². The quantitative estimate of drug-likeness (QED) is 0.868. The molecule has 0 unspecified atom stereocenters. The number of nitrogens with one attached hydrogen (secondary N) is 1. The molecule has 0 radical (unpaired) electrons. The number of nitrogens with zero attached hydrogens (tertiary/aromatic N) is 2. The Morgan fingerprint density at radius 1 is 1.17 bits per heavy atom. The summed E-state index contributed by atoms with van der Waals surface area (Å²) in [4.78, 5) is 7.98. The van der Waals surface area contributed by atoms with E-state index in [9.17, 15) is 8.78 Å². The third kappa shape index (κ3) is 2.60. The largest absolute Gasteiger partial charge is 0.353 e. The molecular weight excluding hydrogens is 238 g/mol. The van der Waals surface area contributed by atoms with E-state index < -0.39 is 11.6 Å². The lowest BCUT2D eigenvalue weighted by molar-refractivity contribution is 0.588. The number of hydrogen-bond acceptors (Lipinski definition) is 4. The van der Waals surface area contributed by atoms with E-state index in [4.69, 9.17) is 5.73 Å². The first-order valence-corrected chi connectivity index (χ1v) is 5.43. The van der Waals surface area contributed by atoms with Crippen molar-refractivity contribution < 1.29 is 8.78 Å². The van der Waals surface area contributed by atoms with Crippen LogP contribution in [0.15, 0.2) is 30.5 Å². The van der Waals surface area contributed by atoms with Gasteiger partial charge in [-0.25, -0.2) is 18.7 Å². The highest BCUT2D eigenvalue weighted by atomic mass is 19.1. The van der Waals surface area contributed by atoms with Crippen LogP contribution in [0.4, 0.5) is 14.7 Å². The van der Waals surface area contributed by atoms with Gasteiger partial charge in [0.25, 0.3) is 0 Å². The minimum atomic E-state index is -0.654. The lowest BCUT2D eigenvalue weighted by Gasteiger charge is -2.07. The molecular formula is C12H12F2N4. The second-order valence-corrected chi connectivity index (χ2v) is 3.58. The predicted octanol–water partition coefficient (Wildman–Crippen LogP) is 1.79. The monoisotopic (exact) mass is 250 g/mol. The van der Waals surface area contributed by atoms with Gasteiger partial charge >= 0.3 is 0 Å². The van der Waals surface area contributed by atoms with Crippen molar-refractivity contribution in [1.29, 1.82) is 0 Å². The molecule has 1 aromatic heterocycles. The van der Waals surface area contributed by atoms with Crippen molar-refractivity contribution in [3.05, 3.63) is 42.1 Å². The average Bonchev–Trinajstić information content (AvgIpc) is 2.37. The molecule has 4 nitrogen and oxygen atoms in total. The maximum absolute atomic E-state index is 13.6. The normalized spacial score (nSPS) is 10.4. The number of nitrogens with two attached hydrogens (primary N) is 1. The molecule has 2 aromatic rings. The Balaban J connectivity index is 2.38. The van der Waals surface area contributed by atoms with Gasteiger partial charge in [0.15, 0.2) is 0 Å². The summed E-state index contributed by atoms with van der Waals surface area (Å²) in [5, 5.41) is 2.85. The van der Waals surface area contributed by atoms with Crippen molar-refractivity contribution in [1.82, 2.24) is 9.97 Å². The van der Waals surface area contributed by atoms with Crippen LogP contribution in [0, 0.1) is 11.6 Å². The third-order valence-electron chi connectivity index (χ3n) is 2.30. The van der Waals surface area contributed by atoms with E-state index in [2.05, 4.69) is 15.3 Å². The van der Waals surface area contributed by atoms with Crippen molar-refractivity contribution in [2.75, 3.05) is 18.4 Å². The molecule has 18 heavy (non-hydrogen) atoms. The fourth-order valence-electron chi connectivity index (χ4n) is 1.51. The van der Waals surface area contributed by atoms with E-state index in [1.165, 1.54) is 30.5 Å². The van der Waals surface area contributed by atoms with Crippen LogP contribution in [0.2, 0.25) is 0 Å². The van der Waals surface area contributed by atoms with Gasteiger partial charge in [-0.05, 0) is 18.2 Å². The molecule has 2 rings (SSSR count). The Hall–Kier alpha value is -2.08. The van der Waals surface area contributed by atoms with Gasteiger partial charge < -0.3 is 11.1 Å². The molecule has 94 valence electrons. The summed E-state index contributed by atoms with van der Waals surface area (Å²) in [6.07, 6.45) is 1.44. The standard InChI is InChI=1S/C12H12F2N4/c13-8-2-1-3-9(14)11(8)10-4-6-16-12(18-10)17-7-5-15/h1-4,6H,5,7,15H2,(H,16,17,18). The molecule has 3 N–H and O–H groups in total. The molecule has 0 amide bonds. The van der Waals surface area contributed by atoms with Crippen LogP contribution in [0.3, 0.4) is 0 Å². The highest BCUT2D eigenvalue weighted by molar-refractivity contribution is 5.61. The van der Waals surface area contributed by atoms with E-state index >= 15 is 0 Å². The summed E-state index contributed by atoms with van der Waals surface area (Å²) in [5.74, 6) is -1.02. The SMILES string of the molecule is NCCNc1nccc(-c2c(F)cccc2F)n1. The average molecular weight is 250 g/mol. The second kappa shape index (κ2) is 5.50. The topological polar surface area (TPSA) is 63.8 Å². The molecule has 0 aliphatic rings. The van der Waals surface area contributed by atoms with Crippen molar-refractivity contribution >= 4 is 5.95 Å². The molecule has 0 saturated carbocycles. The number of halogens is 2. The fraction of sp³-hybridized carbons (Fsp3) is 0.167. The summed E-state index contributed by atoms with van der Waals surface area (Å²) < 4.78 is 27.2. The molecule has 0 bridgehead atoms. The van der Waals surface area contributed by atoms with E-state index in [0.29, 0.717) is 19.0 Å². The smallest absolute Gasteiger partial charge is 0.223 e. The van der Waals surface area contributed by atoms with Crippen LogP contribution in [-0.4, -0.2) is 23.1 Å². The molecule has 0 fully saturated rings. The maximum atomic E-state index is 13.6. The van der Waals surface area contributed by atoms with Crippen molar-refractivity contribution in [2.45, 2.75) is 0 Å². The zero-order valence-electron chi connectivity index (χ0n) is 9.53. The summed E-state index contributed by atoms with van der Waals surface area (Å²) in [5.41, 5.74) is 5.37. The van der Waals surface area contributed by atoms with Gasteiger partial charge in [-0.3, -0.25) is 0 Å². The van der Waals surface area contributed by atoms with Crippen molar-refractivity contribution in [3.8, 4) is 11.3 Å². The molecule has 6 heteroatoms. The summed E-state index contributed by atoms with van der Waals surface area (Å²) in [7, 11) is 0. The zero-order valence-corrected chi connectivity index (χ0v) is 9.53. The van der Waals surface area contributed by atoms with Crippen LogP contribution in [0.1, 0.15) is 0 Å². The van der Waals surface area contributed by atoms with Crippen LogP contribution in [0.5, 0.6) is 0 Å². The Bertz CT molecular complexity index is 525. The summed E-state index contributed by atoms with van der Waals surface area (Å²) in [6, 6.07) is 5.14. The van der Waals surface area contributed by atoms with Gasteiger partial charge in [-0.1, -0.05) is 6.07 Å². The minimum Gasteiger partial charge on any atom is -0.353 e. The van der Waals surface area contributed by atoms with Gasteiger partial charge in [-0.2, -0.15) is 0 Å². The summed E-state index contributed by atoms with van der Waals surface area (Å²) in [6.45, 7) is 0.908. The van der Waals surface area contributed by atoms with Gasteiger partial charge in [0.1, 0.15) is 11.6 Å². The molecule has 0 saturated heterocycles. The van der Waals surface area contributed by atoms with Gasteiger partial charge in [0, 0.05) is 19.3 Å². The lowest BCUT2D eigenvalue weighted by Crippen LogP contribution is -2.14. The predicted molar refractivity (Wildman–Crippen MR) is 64.9 cm³/mol. The van der Waals surface area contributed by atoms with Crippen molar-refractivity contribution in [2.24, 2.45) is 5.73 Å². The molecule has 0 aliphatic heterocycles. The molecule has 1 aromatic carbocycles. The Kier molecular flexibility index (Phi) is 3.78. The minimum absolute atomic E-state index is 0.157. The number of benzene rings is 1. The highest BCUT2D eigenvalue weighted by Gasteiger charge is 2.12. The number of rotatable bonds is 4. The van der Waals surface area contributed by atoms with Crippen LogP contribution < -0.4 is 11.1 Å². The Morgan fingerprint density at radius 2 is 1.89 bits per heavy atom. The first-order chi connectivity index (χ1) is 8.72. The highest BCUT2D eigenvalue weighted by Crippen LogP contribution is 2.24. The number of aromatic nitrogens is 2. The number of anilines is 1. The maximum Gasteiger partial charge on any atom is 0.223 e. The fourth-order valence-corrected chi connectivity index (χ4v) is 1.51. The van der Waals surface area contributed by atoms with Gasteiger partial charge in [-0.15, -0.1) is 0 Å². The van der Waals surface area contributed by atoms with E-state index in [0.717, 1.165) is 0 Å². The summed E-state index contributed by atoms with van der Waals surface area (Å²) >= 11 is 0. The second-order valence-electron chi connectivity index (χ2n) is 3.58. The molecule has 0 spiro atoms. The van der Waals surface area contributed by atoms with Crippen LogP contribution >= 0.6 is 0 Å². The molecule has 1 heterocycles. The number of hydrogen-bond donors (Lipinski definition) is 2. The van der Waals surface area contributed by atoms with E-state index in [1.807, 2.05) is 0 Å².